The predicted octanol–water partition coefficient (Wildman–Crippen LogP) is 2.59. The van der Waals surface area contributed by atoms with Crippen LogP contribution >= 0.6 is 0 Å². The SMILES string of the molecule is CC1CCC(C)C(C2OC(C)OCC2C)O1. The van der Waals surface area contributed by atoms with E-state index in [1.807, 2.05) is 6.92 Å². The Hall–Kier alpha value is -0.120. The molecule has 0 amide bonds. The molecule has 0 aromatic heterocycles. The minimum absolute atomic E-state index is 0.0887. The highest BCUT2D eigenvalue weighted by atomic mass is 16.7. The first kappa shape index (κ1) is 12.3. The van der Waals surface area contributed by atoms with Gasteiger partial charge >= 0.3 is 0 Å². The van der Waals surface area contributed by atoms with Crippen LogP contribution < -0.4 is 0 Å². The summed E-state index contributed by atoms with van der Waals surface area (Å²) in [4.78, 5) is 0. The van der Waals surface area contributed by atoms with E-state index in [0.29, 0.717) is 17.9 Å². The van der Waals surface area contributed by atoms with E-state index in [9.17, 15) is 0 Å². The largest absolute Gasteiger partial charge is 0.372 e. The summed E-state index contributed by atoms with van der Waals surface area (Å²) in [6.45, 7) is 9.37. The van der Waals surface area contributed by atoms with Gasteiger partial charge in [-0.2, -0.15) is 0 Å². The maximum absolute atomic E-state index is 6.08. The van der Waals surface area contributed by atoms with E-state index in [1.54, 1.807) is 0 Å². The molecule has 2 heterocycles. The van der Waals surface area contributed by atoms with E-state index in [2.05, 4.69) is 20.8 Å². The van der Waals surface area contributed by atoms with Crippen LogP contribution in [0, 0.1) is 11.8 Å². The summed E-state index contributed by atoms with van der Waals surface area (Å²) in [5, 5.41) is 0. The molecule has 0 aliphatic carbocycles. The van der Waals surface area contributed by atoms with Crippen LogP contribution in [0.2, 0.25) is 0 Å². The molecule has 0 radical (unpaired) electrons. The van der Waals surface area contributed by atoms with Crippen molar-refractivity contribution in [2.45, 2.75) is 65.1 Å². The second kappa shape index (κ2) is 5.03. The number of hydrogen-bond acceptors (Lipinski definition) is 3. The smallest absolute Gasteiger partial charge is 0.155 e. The molecular formula is C13H24O3. The molecule has 3 heteroatoms. The van der Waals surface area contributed by atoms with Gasteiger partial charge in [-0.15, -0.1) is 0 Å². The molecule has 0 N–H and O–H groups in total. The summed E-state index contributed by atoms with van der Waals surface area (Å²) in [7, 11) is 0. The Morgan fingerprint density at radius 3 is 2.25 bits per heavy atom. The third kappa shape index (κ3) is 2.58. The highest BCUT2D eigenvalue weighted by molar-refractivity contribution is 4.86. The van der Waals surface area contributed by atoms with Crippen molar-refractivity contribution in [2.75, 3.05) is 6.61 Å². The van der Waals surface area contributed by atoms with E-state index in [-0.39, 0.29) is 18.5 Å². The van der Waals surface area contributed by atoms with Crippen molar-refractivity contribution < 1.29 is 14.2 Å². The van der Waals surface area contributed by atoms with Crippen molar-refractivity contribution in [1.82, 2.24) is 0 Å². The zero-order valence-electron chi connectivity index (χ0n) is 10.8. The second-order valence-corrected chi connectivity index (χ2v) is 5.44. The number of hydrogen-bond donors (Lipinski definition) is 0. The molecule has 3 nitrogen and oxygen atoms in total. The summed E-state index contributed by atoms with van der Waals surface area (Å²) in [6, 6.07) is 0. The molecule has 2 saturated heterocycles. The first-order valence-electron chi connectivity index (χ1n) is 6.50. The van der Waals surface area contributed by atoms with E-state index >= 15 is 0 Å². The topological polar surface area (TPSA) is 27.7 Å². The van der Waals surface area contributed by atoms with Crippen molar-refractivity contribution in [1.29, 1.82) is 0 Å². The fourth-order valence-electron chi connectivity index (χ4n) is 2.71. The molecular weight excluding hydrogens is 204 g/mol. The Bertz CT molecular complexity index is 207. The van der Waals surface area contributed by atoms with Crippen LogP contribution in [-0.2, 0) is 14.2 Å². The summed E-state index contributed by atoms with van der Waals surface area (Å²) in [6.07, 6.45) is 3.13. The first-order valence-corrected chi connectivity index (χ1v) is 6.50. The normalized spacial score (nSPS) is 50.2. The van der Waals surface area contributed by atoms with E-state index < -0.39 is 0 Å². The average molecular weight is 228 g/mol. The molecule has 0 bridgehead atoms. The van der Waals surface area contributed by atoms with Crippen LogP contribution in [0.3, 0.4) is 0 Å². The van der Waals surface area contributed by atoms with Crippen LogP contribution in [0.15, 0.2) is 0 Å². The lowest BCUT2D eigenvalue weighted by Gasteiger charge is -2.43. The Kier molecular flexibility index (Phi) is 3.88. The molecule has 0 aromatic carbocycles. The Labute approximate surface area is 98.4 Å². The van der Waals surface area contributed by atoms with Crippen LogP contribution in [0.1, 0.15) is 40.5 Å². The van der Waals surface area contributed by atoms with Crippen molar-refractivity contribution in [3.05, 3.63) is 0 Å². The molecule has 2 aliphatic rings. The summed E-state index contributed by atoms with van der Waals surface area (Å²) < 4.78 is 17.5. The lowest BCUT2D eigenvalue weighted by molar-refractivity contribution is -0.267. The Morgan fingerprint density at radius 2 is 1.50 bits per heavy atom. The molecule has 0 spiro atoms. The summed E-state index contributed by atoms with van der Waals surface area (Å²) in [5.74, 6) is 1.02. The lowest BCUT2D eigenvalue weighted by atomic mass is 9.85. The maximum atomic E-state index is 6.08. The first-order chi connectivity index (χ1) is 7.58. The molecule has 2 rings (SSSR count). The van der Waals surface area contributed by atoms with Crippen molar-refractivity contribution >= 4 is 0 Å². The fraction of sp³-hybridized carbons (Fsp3) is 1.00. The fourth-order valence-corrected chi connectivity index (χ4v) is 2.71. The van der Waals surface area contributed by atoms with Crippen molar-refractivity contribution in [3.63, 3.8) is 0 Å². The lowest BCUT2D eigenvalue weighted by Crippen LogP contribution is -2.50. The number of rotatable bonds is 1. The zero-order chi connectivity index (χ0) is 11.7. The van der Waals surface area contributed by atoms with Gasteiger partial charge in [-0.25, -0.2) is 0 Å². The molecule has 16 heavy (non-hydrogen) atoms. The van der Waals surface area contributed by atoms with Crippen molar-refractivity contribution in [3.8, 4) is 0 Å². The molecule has 6 unspecified atom stereocenters. The Morgan fingerprint density at radius 1 is 0.812 bits per heavy atom. The van der Waals surface area contributed by atoms with Gasteiger partial charge in [0.05, 0.1) is 24.9 Å². The highest BCUT2D eigenvalue weighted by Gasteiger charge is 2.39. The molecule has 6 atom stereocenters. The molecule has 0 aromatic rings. The maximum Gasteiger partial charge on any atom is 0.155 e. The van der Waals surface area contributed by atoms with Crippen LogP contribution in [0.25, 0.3) is 0 Å². The quantitative estimate of drug-likeness (QED) is 0.690. The zero-order valence-corrected chi connectivity index (χ0v) is 10.8. The molecule has 2 aliphatic heterocycles. The molecule has 2 fully saturated rings. The van der Waals surface area contributed by atoms with Crippen LogP contribution in [0.5, 0.6) is 0 Å². The van der Waals surface area contributed by atoms with Gasteiger partial charge in [-0.3, -0.25) is 0 Å². The van der Waals surface area contributed by atoms with E-state index in [4.69, 9.17) is 14.2 Å². The minimum Gasteiger partial charge on any atom is -0.372 e. The van der Waals surface area contributed by atoms with Gasteiger partial charge in [0, 0.05) is 5.92 Å². The van der Waals surface area contributed by atoms with Gasteiger partial charge in [-0.05, 0) is 32.6 Å². The third-order valence-corrected chi connectivity index (χ3v) is 3.81. The van der Waals surface area contributed by atoms with Gasteiger partial charge in [0.2, 0.25) is 0 Å². The van der Waals surface area contributed by atoms with E-state index in [0.717, 1.165) is 6.61 Å². The standard InChI is InChI=1S/C13H24O3/c1-8-5-6-10(3)15-12(8)13-9(2)7-14-11(4)16-13/h8-13H,5-7H2,1-4H3. The second-order valence-electron chi connectivity index (χ2n) is 5.44. The monoisotopic (exact) mass is 228 g/mol. The molecule has 0 saturated carbocycles. The van der Waals surface area contributed by atoms with Crippen LogP contribution in [-0.4, -0.2) is 31.2 Å². The Balaban J connectivity index is 2.02. The van der Waals surface area contributed by atoms with Crippen LogP contribution in [0.4, 0.5) is 0 Å². The van der Waals surface area contributed by atoms with Gasteiger partial charge in [0.15, 0.2) is 6.29 Å². The third-order valence-electron chi connectivity index (χ3n) is 3.81. The van der Waals surface area contributed by atoms with E-state index in [1.165, 1.54) is 12.8 Å². The van der Waals surface area contributed by atoms with Gasteiger partial charge in [0.25, 0.3) is 0 Å². The van der Waals surface area contributed by atoms with Crippen molar-refractivity contribution in [2.24, 2.45) is 11.8 Å². The minimum atomic E-state index is -0.0887. The average Bonchev–Trinajstić information content (AvgIpc) is 2.25. The van der Waals surface area contributed by atoms with Gasteiger partial charge in [-0.1, -0.05) is 13.8 Å². The highest BCUT2D eigenvalue weighted by Crippen LogP contribution is 2.33. The molecule has 94 valence electrons. The number of ether oxygens (including phenoxy) is 3. The van der Waals surface area contributed by atoms with Gasteiger partial charge < -0.3 is 14.2 Å². The summed E-state index contributed by atoms with van der Waals surface area (Å²) in [5.41, 5.74) is 0. The summed E-state index contributed by atoms with van der Waals surface area (Å²) >= 11 is 0. The predicted molar refractivity (Wildman–Crippen MR) is 62.2 cm³/mol. The van der Waals surface area contributed by atoms with Gasteiger partial charge in [0.1, 0.15) is 0 Å².